The molecule has 0 aromatic carbocycles. The molecule has 0 aliphatic carbocycles. The SMILES string of the molecule is COCNPF. The molecule has 0 aliphatic rings. The molecule has 0 saturated heterocycles. The van der Waals surface area contributed by atoms with Gasteiger partial charge in [-0.3, -0.25) is 0 Å². The van der Waals surface area contributed by atoms with E-state index in [1.54, 1.807) is 0 Å². The standard InChI is InChI=1S/C2H7FNOP/c1-5-2-4-6-3/h4,6H,2H2,1H3. The molecule has 1 unspecified atom stereocenters. The van der Waals surface area contributed by atoms with Gasteiger partial charge >= 0.3 is 0 Å². The van der Waals surface area contributed by atoms with E-state index >= 15 is 0 Å². The van der Waals surface area contributed by atoms with Crippen LogP contribution >= 0.6 is 9.04 Å². The molecule has 1 atom stereocenters. The first-order valence-corrected chi connectivity index (χ1v) is 2.37. The number of halogens is 1. The van der Waals surface area contributed by atoms with Gasteiger partial charge in [0.05, 0.1) is 0 Å². The minimum absolute atomic E-state index is 0.301. The van der Waals surface area contributed by atoms with Gasteiger partial charge in [0.2, 0.25) is 0 Å². The summed E-state index contributed by atoms with van der Waals surface area (Å²) in [5.74, 6) is 0. The summed E-state index contributed by atoms with van der Waals surface area (Å²) in [5, 5.41) is 2.34. The Morgan fingerprint density at radius 1 is 2.00 bits per heavy atom. The predicted octanol–water partition coefficient (Wildman–Crippen LogP) is 0.658. The summed E-state index contributed by atoms with van der Waals surface area (Å²) in [7, 11) is 0.797. The van der Waals surface area contributed by atoms with Crippen LogP contribution in [0.25, 0.3) is 0 Å². The second-order valence-electron chi connectivity index (χ2n) is 0.704. The average Bonchev–Trinajstić information content (AvgIpc) is 1.61. The number of methoxy groups -OCH3 is 1. The minimum atomic E-state index is -0.710. The monoisotopic (exact) mass is 111 g/mol. The number of rotatable bonds is 3. The Labute approximate surface area is 38.0 Å². The second kappa shape index (κ2) is 5.28. The summed E-state index contributed by atoms with van der Waals surface area (Å²) in [6, 6.07) is 0. The zero-order valence-corrected chi connectivity index (χ0v) is 4.49. The van der Waals surface area contributed by atoms with Crippen LogP contribution in [-0.4, -0.2) is 13.8 Å². The van der Waals surface area contributed by atoms with Crippen molar-refractivity contribution < 1.29 is 8.93 Å². The maximum atomic E-state index is 11.0. The molecular formula is C2H7FNOP. The first-order chi connectivity index (χ1) is 2.91. The molecule has 4 heteroatoms. The lowest BCUT2D eigenvalue weighted by atomic mass is 11.3. The maximum absolute atomic E-state index is 11.0. The Kier molecular flexibility index (Phi) is 5.53. The Bertz CT molecular complexity index is 25.5. The summed E-state index contributed by atoms with van der Waals surface area (Å²) in [6.07, 6.45) is 0. The molecule has 0 rings (SSSR count). The molecule has 0 aromatic rings. The molecule has 0 fully saturated rings. The highest BCUT2D eigenvalue weighted by Gasteiger charge is 1.73. The second-order valence-corrected chi connectivity index (χ2v) is 1.25. The Morgan fingerprint density at radius 2 is 2.67 bits per heavy atom. The third kappa shape index (κ3) is 4.28. The fourth-order valence-electron chi connectivity index (χ4n) is 0.0994. The summed E-state index contributed by atoms with van der Waals surface area (Å²) >= 11 is 0. The van der Waals surface area contributed by atoms with Gasteiger partial charge in [0, 0.05) is 7.11 Å². The molecule has 0 heterocycles. The molecule has 0 amide bonds. The van der Waals surface area contributed by atoms with Gasteiger partial charge in [0.25, 0.3) is 0 Å². The van der Waals surface area contributed by atoms with E-state index in [9.17, 15) is 4.20 Å². The highest BCUT2D eigenvalue weighted by atomic mass is 31.1. The van der Waals surface area contributed by atoms with E-state index in [-0.39, 0.29) is 0 Å². The van der Waals surface area contributed by atoms with Gasteiger partial charge in [-0.2, -0.15) is 0 Å². The minimum Gasteiger partial charge on any atom is -0.369 e. The van der Waals surface area contributed by atoms with Crippen molar-refractivity contribution in [3.05, 3.63) is 0 Å². The van der Waals surface area contributed by atoms with E-state index in [4.69, 9.17) is 0 Å². The molecule has 0 saturated carbocycles. The van der Waals surface area contributed by atoms with E-state index in [2.05, 4.69) is 9.82 Å². The molecule has 2 nitrogen and oxygen atoms in total. The maximum Gasteiger partial charge on any atom is 0.141 e. The molecule has 6 heavy (non-hydrogen) atoms. The fourth-order valence-corrected chi connectivity index (χ4v) is 0.298. The average molecular weight is 111 g/mol. The van der Waals surface area contributed by atoms with Crippen LogP contribution in [0.3, 0.4) is 0 Å². The number of nitrogens with one attached hydrogen (secondary N) is 1. The predicted molar refractivity (Wildman–Crippen MR) is 24.4 cm³/mol. The zero-order chi connectivity index (χ0) is 4.83. The normalized spacial score (nSPS) is 11.0. The fraction of sp³-hybridized carbons (Fsp3) is 1.00. The third-order valence-corrected chi connectivity index (χ3v) is 0.561. The topological polar surface area (TPSA) is 21.3 Å². The van der Waals surface area contributed by atoms with Crippen LogP contribution < -0.4 is 5.09 Å². The van der Waals surface area contributed by atoms with Gasteiger partial charge in [0.15, 0.2) is 0 Å². The van der Waals surface area contributed by atoms with Crippen LogP contribution in [0.1, 0.15) is 0 Å². The van der Waals surface area contributed by atoms with Gasteiger partial charge in [-0.15, -0.1) is 0 Å². The molecule has 0 aromatic heterocycles. The van der Waals surface area contributed by atoms with Gasteiger partial charge in [0.1, 0.15) is 15.8 Å². The van der Waals surface area contributed by atoms with E-state index in [1.165, 1.54) is 7.11 Å². The first kappa shape index (κ1) is 6.28. The largest absolute Gasteiger partial charge is 0.369 e. The van der Waals surface area contributed by atoms with Crippen LogP contribution in [-0.2, 0) is 4.74 Å². The number of hydrogen-bond donors (Lipinski definition) is 1. The van der Waals surface area contributed by atoms with Crippen molar-refractivity contribution in [2.45, 2.75) is 0 Å². The van der Waals surface area contributed by atoms with Crippen molar-refractivity contribution in [2.75, 3.05) is 13.8 Å². The summed E-state index contributed by atoms with van der Waals surface area (Å²) in [6.45, 7) is 0.301. The Hall–Kier alpha value is 0.280. The molecule has 38 valence electrons. The highest BCUT2D eigenvalue weighted by Crippen LogP contribution is 1.99. The van der Waals surface area contributed by atoms with E-state index < -0.39 is 9.04 Å². The van der Waals surface area contributed by atoms with Gasteiger partial charge in [-0.05, 0) is 0 Å². The molecule has 0 radical (unpaired) electrons. The lowest BCUT2D eigenvalue weighted by Gasteiger charge is -1.91. The number of ether oxygens (including phenoxy) is 1. The zero-order valence-electron chi connectivity index (χ0n) is 3.49. The molecule has 0 aliphatic heterocycles. The summed E-state index contributed by atoms with van der Waals surface area (Å²) < 4.78 is 15.5. The van der Waals surface area contributed by atoms with Crippen molar-refractivity contribution in [1.29, 1.82) is 0 Å². The van der Waals surface area contributed by atoms with Crippen LogP contribution in [0.4, 0.5) is 4.20 Å². The summed E-state index contributed by atoms with van der Waals surface area (Å²) in [4.78, 5) is 0. The van der Waals surface area contributed by atoms with Crippen molar-refractivity contribution in [1.82, 2.24) is 5.09 Å². The summed E-state index contributed by atoms with van der Waals surface area (Å²) in [5.41, 5.74) is 0. The van der Waals surface area contributed by atoms with E-state index in [0.29, 0.717) is 6.73 Å². The highest BCUT2D eigenvalue weighted by molar-refractivity contribution is 7.29. The molecular weight excluding hydrogens is 104 g/mol. The van der Waals surface area contributed by atoms with Crippen LogP contribution in [0, 0.1) is 0 Å². The van der Waals surface area contributed by atoms with Gasteiger partial charge < -0.3 is 4.74 Å². The lowest BCUT2D eigenvalue weighted by molar-refractivity contribution is 0.195. The van der Waals surface area contributed by atoms with E-state index in [1.807, 2.05) is 0 Å². The van der Waals surface area contributed by atoms with Crippen LogP contribution in [0.5, 0.6) is 0 Å². The quantitative estimate of drug-likeness (QED) is 0.328. The van der Waals surface area contributed by atoms with Crippen molar-refractivity contribution in [2.24, 2.45) is 0 Å². The van der Waals surface area contributed by atoms with Crippen molar-refractivity contribution >= 4 is 9.04 Å². The van der Waals surface area contributed by atoms with Crippen LogP contribution in [0.2, 0.25) is 0 Å². The van der Waals surface area contributed by atoms with Gasteiger partial charge in [-0.25, -0.2) is 9.28 Å². The molecule has 0 spiro atoms. The van der Waals surface area contributed by atoms with E-state index in [0.717, 1.165) is 0 Å². The Balaban J connectivity index is 2.34. The third-order valence-electron chi connectivity index (χ3n) is 0.283. The van der Waals surface area contributed by atoms with Gasteiger partial charge in [-0.1, -0.05) is 0 Å². The van der Waals surface area contributed by atoms with Crippen LogP contribution in [0.15, 0.2) is 0 Å². The first-order valence-electron chi connectivity index (χ1n) is 1.49. The van der Waals surface area contributed by atoms with Crippen molar-refractivity contribution in [3.8, 4) is 0 Å². The molecule has 1 N–H and O–H groups in total. The lowest BCUT2D eigenvalue weighted by Crippen LogP contribution is -2.02. The molecule has 0 bridgehead atoms. The Morgan fingerprint density at radius 3 is 2.83 bits per heavy atom. The smallest absolute Gasteiger partial charge is 0.141 e. The number of hydrogen-bond acceptors (Lipinski definition) is 2. The van der Waals surface area contributed by atoms with Crippen molar-refractivity contribution in [3.63, 3.8) is 0 Å².